The third-order valence-corrected chi connectivity index (χ3v) is 6.97. The van der Waals surface area contributed by atoms with Crippen molar-refractivity contribution in [1.29, 1.82) is 0 Å². The number of rotatable bonds is 12. The van der Waals surface area contributed by atoms with Crippen LogP contribution < -0.4 is 16.4 Å². The molecular formula is C42H65N3. The van der Waals surface area contributed by atoms with Crippen LogP contribution in [0.25, 0.3) is 0 Å². The van der Waals surface area contributed by atoms with Crippen LogP contribution in [0, 0.1) is 12.3 Å². The van der Waals surface area contributed by atoms with Crippen LogP contribution in [-0.2, 0) is 12.8 Å². The monoisotopic (exact) mass is 612 g/mol. The lowest BCUT2D eigenvalue weighted by molar-refractivity contribution is 0.503. The minimum atomic E-state index is 0.310. The molecule has 0 heterocycles. The highest BCUT2D eigenvalue weighted by atomic mass is 14.9. The maximum atomic E-state index is 4.50. The normalized spacial score (nSPS) is 11.6. The van der Waals surface area contributed by atoms with Crippen LogP contribution in [-0.4, -0.2) is 7.05 Å². The summed E-state index contributed by atoms with van der Waals surface area (Å²) in [6.07, 6.45) is 15.4. The topological polar surface area (TPSA) is 50.1 Å². The van der Waals surface area contributed by atoms with Crippen molar-refractivity contribution >= 4 is 11.4 Å². The summed E-state index contributed by atoms with van der Waals surface area (Å²) in [5.74, 6) is 0. The Morgan fingerprint density at radius 2 is 1.42 bits per heavy atom. The third kappa shape index (κ3) is 20.0. The molecule has 0 atom stereocenters. The average Bonchev–Trinajstić information content (AvgIpc) is 3.00. The van der Waals surface area contributed by atoms with Gasteiger partial charge in [-0.15, -0.1) is 0 Å². The van der Waals surface area contributed by atoms with E-state index in [0.717, 1.165) is 42.0 Å². The molecular weight excluding hydrogens is 546 g/mol. The Morgan fingerprint density at radius 3 is 1.87 bits per heavy atom. The first kappa shape index (κ1) is 43.3. The fraction of sp³-hybridized carbons (Fsp3) is 0.381. The lowest BCUT2D eigenvalue weighted by Gasteiger charge is -2.19. The van der Waals surface area contributed by atoms with Crippen molar-refractivity contribution in [2.75, 3.05) is 17.7 Å². The van der Waals surface area contributed by atoms with Crippen molar-refractivity contribution in [3.8, 4) is 0 Å². The van der Waals surface area contributed by atoms with Gasteiger partial charge in [-0.05, 0) is 108 Å². The molecule has 0 aromatic heterocycles. The second kappa shape index (κ2) is 24.5. The predicted molar refractivity (Wildman–Crippen MR) is 208 cm³/mol. The minimum absolute atomic E-state index is 0.310. The molecule has 3 nitrogen and oxygen atoms in total. The first-order valence-electron chi connectivity index (χ1n) is 16.2. The van der Waals surface area contributed by atoms with E-state index in [-0.39, 0.29) is 0 Å². The van der Waals surface area contributed by atoms with E-state index >= 15 is 0 Å². The van der Waals surface area contributed by atoms with Crippen molar-refractivity contribution in [2.24, 2.45) is 11.1 Å². The van der Waals surface area contributed by atoms with Gasteiger partial charge in [0.25, 0.3) is 0 Å². The second-order valence-corrected chi connectivity index (χ2v) is 11.7. The van der Waals surface area contributed by atoms with Gasteiger partial charge in [0.05, 0.1) is 0 Å². The van der Waals surface area contributed by atoms with E-state index in [4.69, 9.17) is 0 Å². The smallest absolute Gasteiger partial charge is 0.0383 e. The SMILES string of the molecule is C/C=C(C)\C=C(/C)C(C)(C)C.C=C/C=C\C(=C/C)CCc1ccc(CC(=C)Nc2ccc(NC(=C)C)cc2)cc1C.CC.CN. The van der Waals surface area contributed by atoms with E-state index < -0.39 is 0 Å². The number of anilines is 2. The van der Waals surface area contributed by atoms with E-state index in [2.05, 4.69) is 134 Å². The van der Waals surface area contributed by atoms with Gasteiger partial charge in [0, 0.05) is 29.2 Å². The fourth-order valence-corrected chi connectivity index (χ4v) is 3.96. The van der Waals surface area contributed by atoms with Gasteiger partial charge in [-0.2, -0.15) is 0 Å². The zero-order valence-electron chi connectivity index (χ0n) is 30.8. The molecule has 0 aliphatic rings. The van der Waals surface area contributed by atoms with Gasteiger partial charge >= 0.3 is 0 Å². The van der Waals surface area contributed by atoms with Gasteiger partial charge in [0.2, 0.25) is 0 Å². The quantitative estimate of drug-likeness (QED) is 0.209. The largest absolute Gasteiger partial charge is 0.360 e. The number of nitrogens with one attached hydrogen (secondary N) is 2. The summed E-state index contributed by atoms with van der Waals surface area (Å²) in [6, 6.07) is 14.9. The lowest BCUT2D eigenvalue weighted by atomic mass is 9.86. The van der Waals surface area contributed by atoms with Gasteiger partial charge in [0.1, 0.15) is 0 Å². The number of aryl methyl sites for hydroxylation is 2. The molecule has 0 spiro atoms. The molecule has 2 aromatic rings. The second-order valence-electron chi connectivity index (χ2n) is 11.7. The van der Waals surface area contributed by atoms with Gasteiger partial charge in [-0.25, -0.2) is 0 Å². The van der Waals surface area contributed by atoms with E-state index in [1.807, 2.05) is 57.2 Å². The zero-order valence-corrected chi connectivity index (χ0v) is 30.8. The Hall–Kier alpha value is -3.82. The molecule has 0 unspecified atom stereocenters. The van der Waals surface area contributed by atoms with Crippen LogP contribution in [0.2, 0.25) is 0 Å². The summed E-state index contributed by atoms with van der Waals surface area (Å²) in [6.45, 7) is 35.1. The Labute approximate surface area is 278 Å². The third-order valence-electron chi connectivity index (χ3n) is 6.97. The Morgan fingerprint density at radius 1 is 0.867 bits per heavy atom. The molecule has 4 N–H and O–H groups in total. The molecule has 0 bridgehead atoms. The van der Waals surface area contributed by atoms with Gasteiger partial charge in [-0.3, -0.25) is 0 Å². The van der Waals surface area contributed by atoms with Crippen LogP contribution in [0.5, 0.6) is 0 Å². The van der Waals surface area contributed by atoms with Gasteiger partial charge < -0.3 is 16.4 Å². The number of allylic oxidation sites excluding steroid dienone is 11. The zero-order chi connectivity index (χ0) is 35.0. The molecule has 0 amide bonds. The molecule has 0 radical (unpaired) electrons. The summed E-state index contributed by atoms with van der Waals surface area (Å²) in [5, 5.41) is 6.62. The predicted octanol–water partition coefficient (Wildman–Crippen LogP) is 12.3. The lowest BCUT2D eigenvalue weighted by Crippen LogP contribution is -2.06. The summed E-state index contributed by atoms with van der Waals surface area (Å²) < 4.78 is 0. The summed E-state index contributed by atoms with van der Waals surface area (Å²) in [5.41, 5.74) is 16.9. The first-order chi connectivity index (χ1) is 21.3. The molecule has 2 rings (SSSR count). The molecule has 248 valence electrons. The van der Waals surface area contributed by atoms with Crippen LogP contribution in [0.15, 0.2) is 127 Å². The average molecular weight is 612 g/mol. The Bertz CT molecular complexity index is 1280. The fourth-order valence-electron chi connectivity index (χ4n) is 3.96. The van der Waals surface area contributed by atoms with E-state index in [0.29, 0.717) is 5.41 Å². The molecule has 0 aliphatic carbocycles. The highest BCUT2D eigenvalue weighted by Crippen LogP contribution is 2.25. The number of hydrogen-bond acceptors (Lipinski definition) is 3. The molecule has 3 heteroatoms. The highest BCUT2D eigenvalue weighted by molar-refractivity contribution is 5.57. The standard InChI is InChI=1S/C28H34N2.C11H20.C2H6.CH5N/c1-7-9-10-24(8-2)11-13-26-14-12-25(19-22(26)5)20-23(6)30-28-17-15-27(16-18-28)29-21(3)4;1-7-9(2)8-10(3)11(4,5)6;2*1-2/h7-10,12,14-19,29-30H,1,3,6,11,13,20H2,2,4-5H3;7-8H,1-6H3;1-2H3;2H2,1H3/b10-9-,24-8+;9-7-,10-8+;;. The van der Waals surface area contributed by atoms with Crippen molar-refractivity contribution in [1.82, 2.24) is 0 Å². The van der Waals surface area contributed by atoms with Gasteiger partial charge in [0.15, 0.2) is 0 Å². The number of nitrogens with two attached hydrogens (primary N) is 1. The maximum Gasteiger partial charge on any atom is 0.0383 e. The molecule has 0 aliphatic heterocycles. The van der Waals surface area contributed by atoms with Crippen LogP contribution in [0.1, 0.15) is 92.3 Å². The number of benzene rings is 2. The van der Waals surface area contributed by atoms with Crippen molar-refractivity contribution in [3.63, 3.8) is 0 Å². The minimum Gasteiger partial charge on any atom is -0.360 e. The highest BCUT2D eigenvalue weighted by Gasteiger charge is 2.11. The molecule has 0 saturated carbocycles. The summed E-state index contributed by atoms with van der Waals surface area (Å²) in [4.78, 5) is 0. The van der Waals surface area contributed by atoms with Crippen LogP contribution in [0.3, 0.4) is 0 Å². The van der Waals surface area contributed by atoms with Crippen LogP contribution >= 0.6 is 0 Å². The van der Waals surface area contributed by atoms with E-state index in [1.54, 1.807) is 0 Å². The molecule has 0 fully saturated rings. The van der Waals surface area contributed by atoms with Crippen LogP contribution in [0.4, 0.5) is 11.4 Å². The molecule has 2 aromatic carbocycles. The molecule has 45 heavy (non-hydrogen) atoms. The van der Waals surface area contributed by atoms with Gasteiger partial charge in [-0.1, -0.05) is 126 Å². The Balaban J connectivity index is 0. The number of hydrogen-bond donors (Lipinski definition) is 3. The first-order valence-corrected chi connectivity index (χ1v) is 16.2. The van der Waals surface area contributed by atoms with E-state index in [9.17, 15) is 0 Å². The summed E-state index contributed by atoms with van der Waals surface area (Å²) in [7, 11) is 1.50. The maximum absolute atomic E-state index is 4.50. The van der Waals surface area contributed by atoms with Crippen molar-refractivity contribution < 1.29 is 0 Å². The van der Waals surface area contributed by atoms with Crippen molar-refractivity contribution in [3.05, 3.63) is 143 Å². The molecule has 0 saturated heterocycles. The van der Waals surface area contributed by atoms with Crippen molar-refractivity contribution in [2.45, 2.75) is 95.4 Å². The Kier molecular flexibility index (Phi) is 23.6. The van der Waals surface area contributed by atoms with E-state index in [1.165, 1.54) is 40.5 Å². The summed E-state index contributed by atoms with van der Waals surface area (Å²) >= 11 is 0.